The maximum atomic E-state index is 12.3. The van der Waals surface area contributed by atoms with E-state index in [0.29, 0.717) is 38.8 Å². The Morgan fingerprint density at radius 3 is 1.54 bits per heavy atom. The van der Waals surface area contributed by atoms with E-state index in [4.69, 9.17) is 17.3 Å². The van der Waals surface area contributed by atoms with Gasteiger partial charge in [-0.1, -0.05) is 194 Å². The molecular weight excluding hydrogens is 852 g/mol. The molecule has 0 saturated carbocycles. The van der Waals surface area contributed by atoms with Crippen molar-refractivity contribution in [2.75, 3.05) is 11.1 Å². The Kier molecular flexibility index (Phi) is 15.7. The first kappa shape index (κ1) is 46.3. The molecule has 2 aromatic heterocycles. The summed E-state index contributed by atoms with van der Waals surface area (Å²) in [6.07, 6.45) is 0. The van der Waals surface area contributed by atoms with Crippen molar-refractivity contribution in [2.45, 2.75) is 6.92 Å². The molecule has 10 rings (SSSR count). The van der Waals surface area contributed by atoms with Crippen molar-refractivity contribution in [2.24, 2.45) is 0 Å². The molecule has 0 unspecified atom stereocenters. The van der Waals surface area contributed by atoms with Gasteiger partial charge in [-0.3, -0.25) is 19.2 Å². The van der Waals surface area contributed by atoms with E-state index in [9.17, 15) is 19.2 Å². The number of nitrogens with zero attached hydrogens (tertiary/aromatic N) is 1. The third-order valence-electron chi connectivity index (χ3n) is 10.4. The van der Waals surface area contributed by atoms with E-state index in [1.807, 2.05) is 146 Å². The molecule has 67 heavy (non-hydrogen) atoms. The van der Waals surface area contributed by atoms with E-state index in [1.54, 1.807) is 66.7 Å². The van der Waals surface area contributed by atoms with Gasteiger partial charge in [-0.2, -0.15) is 0 Å². The summed E-state index contributed by atoms with van der Waals surface area (Å²) in [6.45, 7) is 1.42. The van der Waals surface area contributed by atoms with Crippen LogP contribution in [0.2, 0.25) is 5.15 Å². The molecule has 328 valence electrons. The number of fused-ring (bicyclic) bond motifs is 2. The minimum absolute atomic E-state index is 0.0336. The summed E-state index contributed by atoms with van der Waals surface area (Å²) >= 11 is 6.06. The van der Waals surface area contributed by atoms with Gasteiger partial charge in [0.15, 0.2) is 11.6 Å². The minimum Gasteiger partial charge on any atom is -0.398 e. The molecule has 9 heteroatoms. The molecular formula is C58H45ClN4O4. The number of halogens is 1. The molecule has 0 bridgehead atoms. The lowest BCUT2D eigenvalue weighted by molar-refractivity contribution is -0.114. The fraction of sp³-hybridized carbons (Fsp3) is 0.0172. The second kappa shape index (κ2) is 22.8. The number of H-pyrrole nitrogens is 1. The van der Waals surface area contributed by atoms with Crippen molar-refractivity contribution in [1.82, 2.24) is 9.97 Å². The summed E-state index contributed by atoms with van der Waals surface area (Å²) in [6, 6.07) is 71.9. The zero-order valence-electron chi connectivity index (χ0n) is 36.5. The number of carbonyl (C=O) groups excluding carboxylic acids is 3. The molecule has 0 radical (unpaired) electrons. The first-order valence-corrected chi connectivity index (χ1v) is 21.7. The fourth-order valence-electron chi connectivity index (χ4n) is 7.23. The molecule has 2 heterocycles. The number of para-hydroxylation sites is 4. The number of nitrogens with one attached hydrogen (secondary N) is 2. The van der Waals surface area contributed by atoms with E-state index in [1.165, 1.54) is 6.92 Å². The van der Waals surface area contributed by atoms with Gasteiger partial charge >= 0.3 is 0 Å². The number of hydrogen-bond donors (Lipinski definition) is 3. The largest absolute Gasteiger partial charge is 0.398 e. The summed E-state index contributed by atoms with van der Waals surface area (Å²) in [4.78, 5) is 54.2. The van der Waals surface area contributed by atoms with E-state index in [0.717, 1.165) is 44.1 Å². The highest BCUT2D eigenvalue weighted by Gasteiger charge is 2.14. The molecule has 0 atom stereocenters. The summed E-state index contributed by atoms with van der Waals surface area (Å²) < 4.78 is 0. The van der Waals surface area contributed by atoms with E-state index in [-0.39, 0.29) is 23.0 Å². The highest BCUT2D eigenvalue weighted by molar-refractivity contribution is 6.30. The summed E-state index contributed by atoms with van der Waals surface area (Å²) in [7, 11) is 0. The monoisotopic (exact) mass is 896 g/mol. The van der Waals surface area contributed by atoms with Gasteiger partial charge in [-0.15, -0.1) is 0 Å². The molecule has 1 amide bonds. The van der Waals surface area contributed by atoms with Crippen LogP contribution < -0.4 is 16.6 Å². The summed E-state index contributed by atoms with van der Waals surface area (Å²) in [5.74, 6) is -0.322. The van der Waals surface area contributed by atoms with E-state index in [2.05, 4.69) is 33.5 Å². The van der Waals surface area contributed by atoms with Crippen LogP contribution in [0, 0.1) is 0 Å². The molecule has 0 saturated heterocycles. The van der Waals surface area contributed by atoms with Gasteiger partial charge in [0.05, 0.1) is 11.2 Å². The van der Waals surface area contributed by atoms with Crippen LogP contribution >= 0.6 is 11.6 Å². The third-order valence-corrected chi connectivity index (χ3v) is 10.6. The van der Waals surface area contributed by atoms with E-state index >= 15 is 0 Å². The lowest BCUT2D eigenvalue weighted by atomic mass is 10.0. The number of benzene rings is 8. The van der Waals surface area contributed by atoms with E-state index < -0.39 is 0 Å². The first-order chi connectivity index (χ1) is 32.7. The molecule has 4 N–H and O–H groups in total. The van der Waals surface area contributed by atoms with Crippen LogP contribution in [0.3, 0.4) is 0 Å². The number of pyridine rings is 2. The number of amides is 1. The molecule has 8 nitrogen and oxygen atoms in total. The van der Waals surface area contributed by atoms with Crippen LogP contribution in [0.5, 0.6) is 0 Å². The van der Waals surface area contributed by atoms with Gasteiger partial charge in [0.25, 0.3) is 0 Å². The molecule has 8 aromatic carbocycles. The predicted octanol–water partition coefficient (Wildman–Crippen LogP) is 13.1. The minimum atomic E-state index is -0.191. The average Bonchev–Trinajstić information content (AvgIpc) is 3.37. The number of nitrogen functional groups attached to an aromatic ring is 1. The van der Waals surface area contributed by atoms with Gasteiger partial charge in [-0.25, -0.2) is 4.98 Å². The molecule has 0 spiro atoms. The Bertz CT molecular complexity index is 3330. The number of carbonyl (C=O) groups is 3. The topological polar surface area (TPSA) is 135 Å². The van der Waals surface area contributed by atoms with Gasteiger partial charge in [-0.05, 0) is 64.7 Å². The molecule has 0 aliphatic heterocycles. The summed E-state index contributed by atoms with van der Waals surface area (Å²) in [5.41, 5.74) is 15.2. The molecule has 0 fully saturated rings. The SMILES string of the molecule is CC(=O)Nc1ccccc1C(=O)c1ccccc1.Clc1cc(-c2ccccc2)c2ccccc2n1.Nc1ccccc1C(=O)c1ccccc1.O=c1cc(-c2ccccc2)c2ccccc2[nH]1. The van der Waals surface area contributed by atoms with Gasteiger partial charge in [0.2, 0.25) is 11.5 Å². The number of rotatable bonds is 7. The first-order valence-electron chi connectivity index (χ1n) is 21.3. The quantitative estimate of drug-likeness (QED) is 0.0828. The Morgan fingerprint density at radius 1 is 0.507 bits per heavy atom. The van der Waals surface area contributed by atoms with Crippen LogP contribution in [-0.2, 0) is 4.79 Å². The zero-order valence-corrected chi connectivity index (χ0v) is 37.2. The standard InChI is InChI=1S/C15H10ClN.C15H13NO2.C15H11NO.C13H11NO/c16-15-10-13(11-6-2-1-3-7-11)12-8-4-5-9-14(12)17-15;1-11(17)16-14-10-6-5-9-13(14)15(18)12-7-3-2-4-8-12;17-15-10-13(11-6-2-1-3-7-11)12-8-4-5-9-14(12)16-15;14-12-9-5-4-8-11(12)13(15)10-6-2-1-3-7-10/h1-10H;2-10H,1H3,(H,16,17);1-10H,(H,16,17);1-9H,14H2. The van der Waals surface area contributed by atoms with Crippen LogP contribution in [0.25, 0.3) is 44.1 Å². The predicted molar refractivity (Wildman–Crippen MR) is 274 cm³/mol. The number of nitrogens with two attached hydrogens (primary N) is 1. The van der Waals surface area contributed by atoms with Gasteiger partial charge < -0.3 is 16.0 Å². The van der Waals surface area contributed by atoms with Crippen LogP contribution in [0.4, 0.5) is 11.4 Å². The number of aromatic nitrogens is 2. The van der Waals surface area contributed by atoms with Crippen molar-refractivity contribution < 1.29 is 14.4 Å². The van der Waals surface area contributed by atoms with Crippen molar-refractivity contribution in [3.8, 4) is 22.3 Å². The third kappa shape index (κ3) is 12.3. The van der Waals surface area contributed by atoms with Crippen LogP contribution in [0.15, 0.2) is 235 Å². The molecule has 10 aromatic rings. The van der Waals surface area contributed by atoms with Crippen molar-refractivity contribution in [3.05, 3.63) is 268 Å². The Balaban J connectivity index is 0.000000133. The smallest absolute Gasteiger partial charge is 0.249 e. The second-order valence-electron chi connectivity index (χ2n) is 15.0. The highest BCUT2D eigenvalue weighted by Crippen LogP contribution is 2.30. The van der Waals surface area contributed by atoms with Crippen molar-refractivity contribution in [3.63, 3.8) is 0 Å². The number of ketones is 2. The lowest BCUT2D eigenvalue weighted by Crippen LogP contribution is -2.11. The Hall–Kier alpha value is -8.72. The van der Waals surface area contributed by atoms with Crippen molar-refractivity contribution >= 4 is 62.3 Å². The zero-order chi connectivity index (χ0) is 47.0. The lowest BCUT2D eigenvalue weighted by Gasteiger charge is -2.08. The Morgan fingerprint density at radius 2 is 0.955 bits per heavy atom. The summed E-state index contributed by atoms with van der Waals surface area (Å²) in [5, 5.41) is 5.39. The second-order valence-corrected chi connectivity index (χ2v) is 15.4. The fourth-order valence-corrected chi connectivity index (χ4v) is 7.43. The molecule has 0 aliphatic carbocycles. The molecule has 0 aliphatic rings. The normalized spacial score (nSPS) is 10.2. The van der Waals surface area contributed by atoms with Crippen LogP contribution in [-0.4, -0.2) is 27.4 Å². The van der Waals surface area contributed by atoms with Gasteiger partial charge in [0, 0.05) is 57.2 Å². The average molecular weight is 897 g/mol. The number of aromatic amines is 1. The Labute approximate surface area is 393 Å². The van der Waals surface area contributed by atoms with Gasteiger partial charge in [0.1, 0.15) is 5.15 Å². The van der Waals surface area contributed by atoms with Crippen molar-refractivity contribution in [1.29, 1.82) is 0 Å². The number of hydrogen-bond acceptors (Lipinski definition) is 6. The van der Waals surface area contributed by atoms with Crippen LogP contribution in [0.1, 0.15) is 38.8 Å². The maximum Gasteiger partial charge on any atom is 0.249 e. The maximum absolute atomic E-state index is 12.3. The number of anilines is 2. The highest BCUT2D eigenvalue weighted by atomic mass is 35.5.